The number of carboxylic acid groups (broad SMARTS) is 3. The van der Waals surface area contributed by atoms with Gasteiger partial charge in [-0.15, -0.1) is 11.8 Å². The minimum absolute atomic E-state index is 0.00412. The number of aromatic amines is 2. The fraction of sp³-hybridized carbons (Fsp3) is 0.233. The van der Waals surface area contributed by atoms with E-state index in [0.717, 1.165) is 42.2 Å². The van der Waals surface area contributed by atoms with E-state index in [4.69, 9.17) is 51.7 Å². The number of carboxylic acids is 3. The van der Waals surface area contributed by atoms with Crippen LogP contribution in [-0.4, -0.2) is 118 Å². The number of hydrogen-bond donors (Lipinski definition) is 9. The van der Waals surface area contributed by atoms with Crippen LogP contribution in [0.1, 0.15) is 225 Å². The number of Topliss-reactive ketones (excluding diaryl/α,β-unsaturated/α-hetero) is 4. The molecule has 1 amide bonds. The van der Waals surface area contributed by atoms with Crippen LogP contribution >= 0.6 is 23.2 Å². The third kappa shape index (κ3) is 22.1. The number of phenolic OH excluding ortho intramolecular Hbond substituents is 2. The number of aromatic hydroxyl groups is 2. The van der Waals surface area contributed by atoms with Crippen molar-refractivity contribution < 1.29 is 86.6 Å². The van der Waals surface area contributed by atoms with Gasteiger partial charge in [0.05, 0.1) is 50.6 Å². The Balaban J connectivity index is 0.000000222. The van der Waals surface area contributed by atoms with Gasteiger partial charge in [-0.1, -0.05) is 122 Å². The fourth-order valence-electron chi connectivity index (χ4n) is 18.9. The molecule has 2 aromatic heterocycles. The summed E-state index contributed by atoms with van der Waals surface area (Å²) in [5.41, 5.74) is 9.87. The number of nitrogens with one attached hydrogen (secondary N) is 3. The second-order valence-corrected chi connectivity index (χ2v) is 37.5. The lowest BCUT2D eigenvalue weighted by molar-refractivity contribution is -0.00232. The Hall–Kier alpha value is -17.1. The molecule has 33 heteroatoms. The first-order chi connectivity index (χ1) is 71.6. The van der Waals surface area contributed by atoms with Crippen molar-refractivity contribution in [2.24, 2.45) is 5.73 Å². The number of rotatable bonds is 30. The van der Waals surface area contributed by atoms with Gasteiger partial charge in [0, 0.05) is 195 Å². The quantitative estimate of drug-likeness (QED) is 0.00873. The fourth-order valence-corrected chi connectivity index (χ4v) is 19.6. The Morgan fingerprint density at radius 2 is 0.913 bits per heavy atom. The highest BCUT2D eigenvalue weighted by Gasteiger charge is 2.35. The van der Waals surface area contributed by atoms with Crippen molar-refractivity contribution in [3.63, 3.8) is 0 Å². The highest BCUT2D eigenvalue weighted by Crippen LogP contribution is 2.50. The SMILES string of the molecule is CC[C@@H]1CC[C@H](n2cc(CC#CCCC(=O)c3ccc(C(=O)O)c(-c4c5ccc(=O)cc-5oc5c(CCC(=O)c6ccc(CN)cc6)c(O)ccc45)c3)c(=O)[nH]c2=O)O1.CC[C@@H]1CC[C@H](n2cc(CC#CCCC(=O)c3ccc(C(=O)O)c(-c4c5ccc(=O)cc-5oc5c(CCC(=O)c6ccc(CNC(=O)c7cc(Cl)c(-c8c9ccc(=[N+](C)C)cc-9oc9cc(C)ccc89)c(C(=O)O)c7Cl)cc6)c(O)ccc45)c3)c(=O)[nH]c2=O)O1. The zero-order valence-corrected chi connectivity index (χ0v) is 82.8. The molecule has 149 heavy (non-hydrogen) atoms. The lowest BCUT2D eigenvalue weighted by Crippen LogP contribution is -2.34. The first kappa shape index (κ1) is 103. The number of H-pyrrole nitrogens is 2. The van der Waals surface area contributed by atoms with Crippen molar-refractivity contribution in [1.29, 1.82) is 0 Å². The smallest absolute Gasteiger partial charge is 0.337 e. The van der Waals surface area contributed by atoms with Crippen molar-refractivity contribution >= 4 is 103 Å². The van der Waals surface area contributed by atoms with Crippen LogP contribution in [0.25, 0.3) is 100 Å². The van der Waals surface area contributed by atoms with Crippen LogP contribution in [-0.2, 0) is 48.2 Å². The lowest BCUT2D eigenvalue weighted by atomic mass is 9.87. The van der Waals surface area contributed by atoms with E-state index in [9.17, 15) is 92.7 Å². The van der Waals surface area contributed by atoms with Crippen molar-refractivity contribution in [2.45, 2.75) is 161 Å². The summed E-state index contributed by atoms with van der Waals surface area (Å²) in [6.07, 6.45) is 6.56. The van der Waals surface area contributed by atoms with Gasteiger partial charge in [0.25, 0.3) is 17.0 Å². The molecule has 31 nitrogen and oxygen atoms in total. The Kier molecular flexibility index (Phi) is 30.8. The van der Waals surface area contributed by atoms with Gasteiger partial charge in [-0.05, 0) is 177 Å². The van der Waals surface area contributed by atoms with Gasteiger partial charge in [0.15, 0.2) is 34.0 Å². The summed E-state index contributed by atoms with van der Waals surface area (Å²) in [4.78, 5) is 188. The third-order valence-corrected chi connectivity index (χ3v) is 27.5. The summed E-state index contributed by atoms with van der Waals surface area (Å²) in [6.45, 7) is 6.19. The van der Waals surface area contributed by atoms with Crippen LogP contribution in [0.4, 0.5) is 0 Å². The van der Waals surface area contributed by atoms with Crippen LogP contribution in [0, 0.1) is 30.6 Å². The first-order valence-corrected chi connectivity index (χ1v) is 49.0. The average molecular weight is 2040 g/mol. The van der Waals surface area contributed by atoms with Crippen LogP contribution in [0.3, 0.4) is 0 Å². The number of nitrogens with two attached hydrogens (primary N) is 1. The zero-order valence-electron chi connectivity index (χ0n) is 81.3. The molecule has 5 aliphatic heterocycles. The molecular formula is C116H98Cl2N7O24+. The molecule has 10 N–H and O–H groups in total. The molecule has 0 spiro atoms. The number of aryl methyl sites for hydroxylation is 3. The Bertz CT molecular complexity index is 8690. The number of ether oxygens (including phenoxy) is 2. The van der Waals surface area contributed by atoms with E-state index >= 15 is 0 Å². The summed E-state index contributed by atoms with van der Waals surface area (Å²) in [5, 5.41) is 58.6. The monoisotopic (exact) mass is 2040 g/mol. The van der Waals surface area contributed by atoms with Gasteiger partial charge in [0.1, 0.15) is 72.1 Å². The van der Waals surface area contributed by atoms with E-state index in [1.807, 2.05) is 75.8 Å². The predicted octanol–water partition coefficient (Wildman–Crippen LogP) is 18.1. The van der Waals surface area contributed by atoms with Gasteiger partial charge in [-0.2, -0.15) is 0 Å². The van der Waals surface area contributed by atoms with Crippen molar-refractivity contribution in [3.8, 4) is 103 Å². The van der Waals surface area contributed by atoms with E-state index in [2.05, 4.69) is 39.0 Å². The Morgan fingerprint density at radius 1 is 0.463 bits per heavy atom. The molecule has 2 saturated heterocycles. The van der Waals surface area contributed by atoms with E-state index in [-0.39, 0.29) is 228 Å². The van der Waals surface area contributed by atoms with Gasteiger partial charge in [-0.3, -0.25) is 62.3 Å². The summed E-state index contributed by atoms with van der Waals surface area (Å²) in [7, 11) is 3.77. The van der Waals surface area contributed by atoms with Gasteiger partial charge < -0.3 is 59.3 Å². The van der Waals surface area contributed by atoms with Crippen molar-refractivity contribution in [2.75, 3.05) is 14.1 Å². The van der Waals surface area contributed by atoms with E-state index < -0.39 is 64.2 Å². The Labute approximate surface area is 858 Å². The van der Waals surface area contributed by atoms with Gasteiger partial charge >= 0.3 is 29.3 Å². The predicted molar refractivity (Wildman–Crippen MR) is 560 cm³/mol. The molecule has 3 aliphatic carbocycles. The molecule has 10 aromatic rings. The van der Waals surface area contributed by atoms with Crippen LogP contribution in [0.5, 0.6) is 11.5 Å². The number of carbonyl (C=O) groups excluding carboxylic acids is 5. The molecule has 4 atom stereocenters. The molecule has 0 unspecified atom stereocenters. The molecular weight excluding hydrogens is 1950 g/mol. The van der Waals surface area contributed by atoms with Gasteiger partial charge in [0.2, 0.25) is 5.36 Å². The second kappa shape index (κ2) is 44.5. The Morgan fingerprint density at radius 3 is 1.37 bits per heavy atom. The maximum atomic E-state index is 13.9. The normalized spacial score (nSPS) is 14.3. The van der Waals surface area contributed by atoms with Crippen LogP contribution in [0.2, 0.25) is 10.0 Å². The molecule has 0 radical (unpaired) electrons. The molecule has 8 aliphatic rings. The lowest BCUT2D eigenvalue weighted by Gasteiger charge is -2.20. The highest BCUT2D eigenvalue weighted by molar-refractivity contribution is 6.41. The standard InChI is InChI=1S/C70H56Cl2N4O14.C46H41N3O10/c1-5-43-19-28-59(88-43)76-35-40(66(81)74-70(76)87)9-7-6-8-10-53(78)39-16-21-44(68(83)84)50(30-39)60-46-23-18-42(77)32-58(46)90-65-45(55(80)27-25-49(60)65)24-26-54(79)38-14-12-37(13-15-38)34-73-67(82)51-33-52(71)62(63(64(51)72)69(85)86)61-47-20-11-36(2)29-56(47)89-57-31-41(75(3)4)17-22-48(57)61;1-2-31-14-21-41(58-31)49-25-29(44(54)48-46(49)57)6-4-3-5-7-37(51)28-12-15-32(45(55)56)36(22-28)42-34-16-13-30(50)23-40(34)59-43-33(39(53)20-18-35(42)43)17-19-38(52)27-10-8-26(24-47)9-11-27/h11-18,20-23,25,27,29-33,35,43,59H,5,8-10,19,24,26,28,34H2,1-4H3,(H4-,73,74,77,80,81,82,83,84,85,86,87);8-13,15-16,18,20,22-23,25,31,41,53H,2,5-7,14,17,19,21,24,47H2,1H3,(H,55,56)(H,48,54,57)/p+1/t43-,59-;31-,41-/m11/s1. The highest BCUT2D eigenvalue weighted by atomic mass is 35.5. The number of amides is 1. The third-order valence-electron chi connectivity index (χ3n) is 26.9. The molecule has 0 bridgehead atoms. The minimum atomic E-state index is -1.41. The number of nitrogens with zero attached hydrogens (tertiary/aromatic N) is 3. The maximum Gasteiger partial charge on any atom is 0.337 e. The first-order valence-electron chi connectivity index (χ1n) is 48.2. The largest absolute Gasteiger partial charge is 0.508 e. The van der Waals surface area contributed by atoms with Crippen LogP contribution in [0.15, 0.2) is 242 Å². The van der Waals surface area contributed by atoms with Gasteiger partial charge in [-0.25, -0.2) is 28.5 Å². The summed E-state index contributed by atoms with van der Waals surface area (Å²) in [6, 6.07) is 48.2. The van der Waals surface area contributed by atoms with E-state index in [0.29, 0.717) is 97.0 Å². The summed E-state index contributed by atoms with van der Waals surface area (Å²) >= 11 is 13.9. The molecule has 754 valence electrons. The molecule has 2 fully saturated rings. The second-order valence-electron chi connectivity index (χ2n) is 36.7. The van der Waals surface area contributed by atoms with Crippen molar-refractivity contribution in [1.82, 2.24) is 29.0 Å². The number of ketones is 4. The number of halogens is 2. The molecule has 18 rings (SSSR count). The zero-order chi connectivity index (χ0) is 106. The number of phenols is 2. The van der Waals surface area contributed by atoms with Crippen molar-refractivity contribution in [3.05, 3.63) is 361 Å². The van der Waals surface area contributed by atoms with E-state index in [1.54, 1.807) is 54.6 Å². The maximum absolute atomic E-state index is 13.9. The van der Waals surface area contributed by atoms with E-state index in [1.165, 1.54) is 119 Å². The summed E-state index contributed by atoms with van der Waals surface area (Å²) in [5.74, 6) is 6.04. The molecule has 7 heterocycles. The minimum Gasteiger partial charge on any atom is -0.508 e. The number of hydrogen-bond acceptors (Lipinski definition) is 22. The number of aromatic carboxylic acids is 3. The molecule has 8 aromatic carbocycles. The topological polar surface area (TPSA) is 481 Å². The summed E-state index contributed by atoms with van der Waals surface area (Å²) < 4.78 is 35.5. The number of fused-ring (bicyclic) bond motifs is 6. The number of aromatic nitrogens is 4. The average Bonchev–Trinajstić information content (AvgIpc) is 1.17. The number of benzene rings is 11. The molecule has 0 saturated carbocycles. The number of carbonyl (C=O) groups is 8. The van der Waals surface area contributed by atoms with Crippen LogP contribution < -0.4 is 54.3 Å².